The molecule has 0 aliphatic carbocycles. The third-order valence-electron chi connectivity index (χ3n) is 2.64. The Morgan fingerprint density at radius 2 is 2.00 bits per heavy atom. The van der Waals surface area contributed by atoms with Crippen LogP contribution in [0.4, 0.5) is 10.1 Å². The molecule has 18 heavy (non-hydrogen) atoms. The fraction of sp³-hybridized carbons (Fsp3) is 0.0714. The van der Waals surface area contributed by atoms with Gasteiger partial charge in [0.1, 0.15) is 5.82 Å². The van der Waals surface area contributed by atoms with Gasteiger partial charge in [-0.15, -0.1) is 0 Å². The van der Waals surface area contributed by atoms with Crippen molar-refractivity contribution < 1.29 is 9.18 Å². The molecule has 0 spiro atoms. The quantitative estimate of drug-likeness (QED) is 0.664. The Morgan fingerprint density at radius 1 is 1.28 bits per heavy atom. The summed E-state index contributed by atoms with van der Waals surface area (Å²) in [6, 6.07) is 9.16. The van der Waals surface area contributed by atoms with Crippen molar-refractivity contribution >= 4 is 23.1 Å². The Bertz CT molecular complexity index is 605. The van der Waals surface area contributed by atoms with E-state index in [-0.39, 0.29) is 16.1 Å². The molecular weight excluding hydrogens is 253 g/mol. The lowest BCUT2D eigenvalue weighted by molar-refractivity contribution is 0.103. The highest BCUT2D eigenvalue weighted by molar-refractivity contribution is 6.35. The van der Waals surface area contributed by atoms with Gasteiger partial charge in [-0.05, 0) is 31.2 Å². The summed E-state index contributed by atoms with van der Waals surface area (Å²) in [4.78, 5) is 12.3. The summed E-state index contributed by atoms with van der Waals surface area (Å²) in [7, 11) is 0. The van der Waals surface area contributed by atoms with Crippen LogP contribution in [-0.2, 0) is 0 Å². The maximum atomic E-state index is 13.7. The molecular formula is C14H11ClFNO. The normalized spacial score (nSPS) is 10.4. The Hall–Kier alpha value is -1.87. The third kappa shape index (κ3) is 2.22. The first-order chi connectivity index (χ1) is 8.50. The summed E-state index contributed by atoms with van der Waals surface area (Å²) >= 11 is 5.86. The summed E-state index contributed by atoms with van der Waals surface area (Å²) in [6.45, 7) is 1.83. The average Bonchev–Trinajstić information content (AvgIpc) is 2.32. The maximum absolute atomic E-state index is 13.7. The van der Waals surface area contributed by atoms with E-state index in [1.807, 2.05) is 6.92 Å². The molecule has 2 aromatic rings. The predicted molar refractivity (Wildman–Crippen MR) is 70.4 cm³/mol. The van der Waals surface area contributed by atoms with Crippen LogP contribution >= 0.6 is 11.6 Å². The van der Waals surface area contributed by atoms with E-state index in [1.165, 1.54) is 18.2 Å². The lowest BCUT2D eigenvalue weighted by Crippen LogP contribution is -2.08. The highest BCUT2D eigenvalue weighted by Crippen LogP contribution is 2.25. The van der Waals surface area contributed by atoms with E-state index in [0.717, 1.165) is 5.56 Å². The second-order valence-electron chi connectivity index (χ2n) is 4.02. The van der Waals surface area contributed by atoms with E-state index in [9.17, 15) is 9.18 Å². The molecule has 0 saturated heterocycles. The molecule has 0 fully saturated rings. The molecule has 0 unspecified atom stereocenters. The van der Waals surface area contributed by atoms with Crippen molar-refractivity contribution in [3.63, 3.8) is 0 Å². The number of rotatable bonds is 2. The number of ketones is 1. The van der Waals surface area contributed by atoms with Crippen molar-refractivity contribution in [2.24, 2.45) is 0 Å². The van der Waals surface area contributed by atoms with Gasteiger partial charge in [-0.25, -0.2) is 4.39 Å². The van der Waals surface area contributed by atoms with Gasteiger partial charge in [-0.2, -0.15) is 0 Å². The van der Waals surface area contributed by atoms with Crippen LogP contribution in [0, 0.1) is 12.7 Å². The monoisotopic (exact) mass is 263 g/mol. The Labute approximate surface area is 109 Å². The van der Waals surface area contributed by atoms with Crippen LogP contribution in [0.5, 0.6) is 0 Å². The predicted octanol–water partition coefficient (Wildman–Crippen LogP) is 3.60. The lowest BCUT2D eigenvalue weighted by atomic mass is 9.99. The van der Waals surface area contributed by atoms with Gasteiger partial charge in [-0.1, -0.05) is 29.3 Å². The first-order valence-corrected chi connectivity index (χ1v) is 5.73. The molecule has 0 aromatic heterocycles. The summed E-state index contributed by atoms with van der Waals surface area (Å²) in [6.07, 6.45) is 0. The van der Waals surface area contributed by atoms with Crippen LogP contribution in [0.25, 0.3) is 0 Å². The number of nitrogen functional groups attached to an aromatic ring is 1. The SMILES string of the molecule is Cc1ccc(N)c(C(=O)c2c(F)cccc2Cl)c1. The van der Waals surface area contributed by atoms with E-state index >= 15 is 0 Å². The number of hydrogen-bond acceptors (Lipinski definition) is 2. The fourth-order valence-corrected chi connectivity index (χ4v) is 1.96. The molecule has 2 N–H and O–H groups in total. The summed E-state index contributed by atoms with van der Waals surface area (Å²) < 4.78 is 13.7. The Balaban J connectivity index is 2.58. The second kappa shape index (κ2) is 4.78. The first kappa shape index (κ1) is 12.6. The minimum Gasteiger partial charge on any atom is -0.398 e. The van der Waals surface area contributed by atoms with Gasteiger partial charge in [0.15, 0.2) is 5.78 Å². The van der Waals surface area contributed by atoms with Crippen LogP contribution in [0.3, 0.4) is 0 Å². The third-order valence-corrected chi connectivity index (χ3v) is 2.96. The molecule has 2 rings (SSSR count). The molecule has 0 radical (unpaired) electrons. The second-order valence-corrected chi connectivity index (χ2v) is 4.42. The zero-order valence-electron chi connectivity index (χ0n) is 9.71. The summed E-state index contributed by atoms with van der Waals surface area (Å²) in [5.74, 6) is -1.15. The molecule has 92 valence electrons. The van der Waals surface area contributed by atoms with Crippen molar-refractivity contribution in [2.75, 3.05) is 5.73 Å². The molecule has 2 nitrogen and oxygen atoms in total. The zero-order chi connectivity index (χ0) is 13.3. The van der Waals surface area contributed by atoms with Gasteiger partial charge in [0.25, 0.3) is 0 Å². The fourth-order valence-electron chi connectivity index (χ4n) is 1.72. The number of nitrogens with two attached hydrogens (primary N) is 1. The standard InChI is InChI=1S/C14H11ClFNO/c1-8-5-6-12(17)9(7-8)14(18)13-10(15)3-2-4-11(13)16/h2-7H,17H2,1H3. The average molecular weight is 264 g/mol. The molecule has 0 aliphatic heterocycles. The van der Waals surface area contributed by atoms with Crippen molar-refractivity contribution in [1.29, 1.82) is 0 Å². The van der Waals surface area contributed by atoms with Crippen LogP contribution < -0.4 is 5.73 Å². The van der Waals surface area contributed by atoms with E-state index in [1.54, 1.807) is 18.2 Å². The zero-order valence-corrected chi connectivity index (χ0v) is 10.5. The van der Waals surface area contributed by atoms with Gasteiger partial charge in [0.05, 0.1) is 10.6 Å². The van der Waals surface area contributed by atoms with Crippen molar-refractivity contribution in [2.45, 2.75) is 6.92 Å². The maximum Gasteiger partial charge on any atom is 0.199 e. The summed E-state index contributed by atoms with van der Waals surface area (Å²) in [5, 5.41) is 0.0842. The number of benzene rings is 2. The van der Waals surface area contributed by atoms with Gasteiger partial charge in [0, 0.05) is 11.3 Å². The molecule has 2 aromatic carbocycles. The number of hydrogen-bond donors (Lipinski definition) is 1. The van der Waals surface area contributed by atoms with Gasteiger partial charge >= 0.3 is 0 Å². The van der Waals surface area contributed by atoms with Crippen LogP contribution in [0.2, 0.25) is 5.02 Å². The number of carbonyl (C=O) groups is 1. The van der Waals surface area contributed by atoms with Crippen LogP contribution in [0.15, 0.2) is 36.4 Å². The minimum atomic E-state index is -0.645. The largest absolute Gasteiger partial charge is 0.398 e. The Kier molecular flexibility index (Phi) is 3.34. The first-order valence-electron chi connectivity index (χ1n) is 5.35. The van der Waals surface area contributed by atoms with Crippen LogP contribution in [-0.4, -0.2) is 5.78 Å². The van der Waals surface area contributed by atoms with Gasteiger partial charge in [-0.3, -0.25) is 4.79 Å². The van der Waals surface area contributed by atoms with Crippen molar-refractivity contribution in [1.82, 2.24) is 0 Å². The molecule has 0 bridgehead atoms. The Morgan fingerprint density at radius 3 is 2.67 bits per heavy atom. The van der Waals surface area contributed by atoms with E-state index in [2.05, 4.69) is 0 Å². The van der Waals surface area contributed by atoms with E-state index in [0.29, 0.717) is 5.69 Å². The highest BCUT2D eigenvalue weighted by Gasteiger charge is 2.19. The lowest BCUT2D eigenvalue weighted by Gasteiger charge is -2.08. The van der Waals surface area contributed by atoms with E-state index < -0.39 is 11.6 Å². The minimum absolute atomic E-state index is 0.0842. The number of carbonyl (C=O) groups excluding carboxylic acids is 1. The van der Waals surface area contributed by atoms with E-state index in [4.69, 9.17) is 17.3 Å². The smallest absolute Gasteiger partial charge is 0.199 e. The van der Waals surface area contributed by atoms with Crippen LogP contribution in [0.1, 0.15) is 21.5 Å². The topological polar surface area (TPSA) is 43.1 Å². The number of anilines is 1. The number of aryl methyl sites for hydroxylation is 1. The highest BCUT2D eigenvalue weighted by atomic mass is 35.5. The molecule has 0 atom stereocenters. The van der Waals surface area contributed by atoms with Gasteiger partial charge < -0.3 is 5.73 Å². The number of halogens is 2. The molecule has 4 heteroatoms. The van der Waals surface area contributed by atoms with Crippen molar-refractivity contribution in [3.05, 3.63) is 63.9 Å². The molecule has 0 saturated carbocycles. The van der Waals surface area contributed by atoms with Gasteiger partial charge in [0.2, 0.25) is 0 Å². The summed E-state index contributed by atoms with van der Waals surface area (Å²) in [5.41, 5.74) is 7.05. The molecule has 0 aliphatic rings. The molecule has 0 heterocycles. The molecule has 0 amide bonds. The van der Waals surface area contributed by atoms with Crippen molar-refractivity contribution in [3.8, 4) is 0 Å².